The lowest BCUT2D eigenvalue weighted by molar-refractivity contribution is -0.160. The van der Waals surface area contributed by atoms with E-state index in [0.717, 1.165) is 19.3 Å². The van der Waals surface area contributed by atoms with Crippen molar-refractivity contribution in [1.29, 1.82) is 0 Å². The largest absolute Gasteiger partial charge is 0.407 e. The van der Waals surface area contributed by atoms with E-state index in [4.69, 9.17) is 17.3 Å². The van der Waals surface area contributed by atoms with Crippen LogP contribution in [0.15, 0.2) is 41.4 Å². The van der Waals surface area contributed by atoms with Crippen LogP contribution in [0.3, 0.4) is 0 Å². The van der Waals surface area contributed by atoms with Crippen LogP contribution in [0.25, 0.3) is 22.3 Å². The molecule has 2 aromatic heterocycles. The maximum absolute atomic E-state index is 13.2. The van der Waals surface area contributed by atoms with Crippen LogP contribution >= 0.6 is 11.6 Å². The van der Waals surface area contributed by atoms with Crippen LogP contribution in [0.4, 0.5) is 13.2 Å². The van der Waals surface area contributed by atoms with E-state index in [-0.39, 0.29) is 29.3 Å². The second-order valence-corrected chi connectivity index (χ2v) is 10.9. The first-order valence-electron chi connectivity index (χ1n) is 10.6. The fourth-order valence-corrected chi connectivity index (χ4v) is 5.98. The lowest BCUT2D eigenvalue weighted by Gasteiger charge is -2.29. The van der Waals surface area contributed by atoms with E-state index >= 15 is 0 Å². The summed E-state index contributed by atoms with van der Waals surface area (Å²) in [5, 5.41) is 0.819. The number of sulfonamides is 1. The minimum Gasteiger partial charge on any atom is -0.366 e. The fourth-order valence-electron chi connectivity index (χ4n) is 4.37. The Kier molecular flexibility index (Phi) is 5.23. The summed E-state index contributed by atoms with van der Waals surface area (Å²) < 4.78 is 68.8. The van der Waals surface area contributed by atoms with Gasteiger partial charge in [-0.15, -0.1) is 0 Å². The van der Waals surface area contributed by atoms with E-state index < -0.39 is 27.6 Å². The quantitative estimate of drug-likeness (QED) is 0.505. The van der Waals surface area contributed by atoms with Crippen LogP contribution in [-0.4, -0.2) is 35.6 Å². The molecule has 1 amide bonds. The van der Waals surface area contributed by atoms with Gasteiger partial charge in [-0.25, -0.2) is 13.4 Å². The highest BCUT2D eigenvalue weighted by atomic mass is 35.5. The highest BCUT2D eigenvalue weighted by molar-refractivity contribution is 7.89. The number of fused-ring (bicyclic) bond motifs is 1. The first-order chi connectivity index (χ1) is 15.9. The number of nitrogens with two attached hydrogens (primary N) is 1. The predicted molar refractivity (Wildman–Crippen MR) is 120 cm³/mol. The lowest BCUT2D eigenvalue weighted by atomic mass is 9.92. The molecule has 5 rings (SSSR count). The number of halogens is 4. The number of nitrogens with one attached hydrogen (secondary N) is 1. The van der Waals surface area contributed by atoms with E-state index in [1.807, 2.05) is 9.29 Å². The molecule has 2 aliphatic carbocycles. The van der Waals surface area contributed by atoms with Gasteiger partial charge in [0, 0.05) is 17.6 Å². The van der Waals surface area contributed by atoms with E-state index in [2.05, 4.69) is 4.98 Å². The molecule has 2 saturated carbocycles. The topological polar surface area (TPSA) is 107 Å². The monoisotopic (exact) mass is 512 g/mol. The van der Waals surface area contributed by atoms with Gasteiger partial charge in [0.05, 0.1) is 21.2 Å². The zero-order valence-corrected chi connectivity index (χ0v) is 19.3. The summed E-state index contributed by atoms with van der Waals surface area (Å²) >= 11 is 6.11. The van der Waals surface area contributed by atoms with Gasteiger partial charge in [0.2, 0.25) is 10.0 Å². The number of alkyl halides is 3. The van der Waals surface area contributed by atoms with Gasteiger partial charge in [-0.2, -0.15) is 17.9 Å². The van der Waals surface area contributed by atoms with Gasteiger partial charge in [-0.1, -0.05) is 23.7 Å². The average Bonchev–Trinajstić information content (AvgIpc) is 3.42. The molecule has 2 aliphatic rings. The molecule has 0 radical (unpaired) electrons. The summed E-state index contributed by atoms with van der Waals surface area (Å²) in [7, 11) is -4.41. The number of nitrogens with zero attached hydrogens (tertiary/aromatic N) is 2. The van der Waals surface area contributed by atoms with Gasteiger partial charge in [-0.3, -0.25) is 4.79 Å². The van der Waals surface area contributed by atoms with Crippen molar-refractivity contribution in [2.24, 2.45) is 5.73 Å². The highest BCUT2D eigenvalue weighted by Gasteiger charge is 2.65. The summed E-state index contributed by atoms with van der Waals surface area (Å²) in [5.41, 5.74) is 5.03. The maximum atomic E-state index is 13.2. The molecule has 0 bridgehead atoms. The Morgan fingerprint density at radius 2 is 1.85 bits per heavy atom. The number of pyridine rings is 1. The molecule has 0 saturated heterocycles. The second-order valence-electron chi connectivity index (χ2n) is 8.78. The summed E-state index contributed by atoms with van der Waals surface area (Å²) in [5.74, 6) is -0.693. The smallest absolute Gasteiger partial charge is 0.366 e. The molecule has 2 heterocycles. The van der Waals surface area contributed by atoms with Crippen molar-refractivity contribution >= 4 is 38.6 Å². The number of benzene rings is 1. The Morgan fingerprint density at radius 3 is 2.35 bits per heavy atom. The molecule has 7 nitrogen and oxygen atoms in total. The van der Waals surface area contributed by atoms with Crippen LogP contribution in [0, 0.1) is 0 Å². The Labute approximate surface area is 198 Å². The standard InChI is InChI=1S/C22H20ClF3N4O3S/c23-13-10-16-17(19(27)31)18(30(14-2-1-3-14)20(16)28-11-13)12-4-6-15(7-5-12)34(32,33)29-21(8-9-21)22(24,25)26/h4-7,10-11,14,29H,1-3,8-9H2,(H2,27,31). The van der Waals surface area contributed by atoms with Gasteiger partial charge in [0.15, 0.2) is 0 Å². The van der Waals surface area contributed by atoms with Crippen molar-refractivity contribution < 1.29 is 26.4 Å². The van der Waals surface area contributed by atoms with E-state index in [9.17, 15) is 26.4 Å². The first kappa shape index (κ1) is 23.1. The van der Waals surface area contributed by atoms with Gasteiger partial charge in [0.1, 0.15) is 11.2 Å². The third-order valence-electron chi connectivity index (χ3n) is 6.56. The molecule has 0 spiro atoms. The molecule has 3 N–H and O–H groups in total. The third-order valence-corrected chi connectivity index (χ3v) is 8.31. The zero-order chi connectivity index (χ0) is 24.5. The summed E-state index contributed by atoms with van der Waals surface area (Å²) in [6.07, 6.45) is -1.05. The van der Waals surface area contributed by atoms with Gasteiger partial charge in [0.25, 0.3) is 5.91 Å². The molecular formula is C22H20ClF3N4O3S. The van der Waals surface area contributed by atoms with Crippen LogP contribution in [0.5, 0.6) is 0 Å². The number of carbonyl (C=O) groups excluding carboxylic acids is 1. The summed E-state index contributed by atoms with van der Waals surface area (Å²) in [4.78, 5) is 16.6. The molecule has 0 atom stereocenters. The molecule has 12 heteroatoms. The van der Waals surface area contributed by atoms with Crippen molar-refractivity contribution in [2.75, 3.05) is 0 Å². The maximum Gasteiger partial charge on any atom is 0.407 e. The molecule has 3 aromatic rings. The first-order valence-corrected chi connectivity index (χ1v) is 12.5. The Balaban J connectivity index is 1.60. The van der Waals surface area contributed by atoms with E-state index in [0.29, 0.717) is 27.3 Å². The molecule has 1 aromatic carbocycles. The van der Waals surface area contributed by atoms with Crippen LogP contribution in [0.1, 0.15) is 48.5 Å². The number of hydrogen-bond acceptors (Lipinski definition) is 4. The van der Waals surface area contributed by atoms with Gasteiger partial charge >= 0.3 is 6.18 Å². The minimum atomic E-state index is -4.67. The number of aromatic nitrogens is 2. The van der Waals surface area contributed by atoms with Gasteiger partial charge in [-0.05, 0) is 55.9 Å². The van der Waals surface area contributed by atoms with Crippen molar-refractivity contribution in [3.63, 3.8) is 0 Å². The van der Waals surface area contributed by atoms with Crippen molar-refractivity contribution in [3.8, 4) is 11.3 Å². The van der Waals surface area contributed by atoms with E-state index in [1.54, 1.807) is 6.07 Å². The molecule has 0 unspecified atom stereocenters. The highest BCUT2D eigenvalue weighted by Crippen LogP contribution is 2.50. The number of primary amides is 1. The third kappa shape index (κ3) is 3.66. The number of amides is 1. The fraction of sp³-hybridized carbons (Fsp3) is 0.364. The van der Waals surface area contributed by atoms with Crippen molar-refractivity contribution in [3.05, 3.63) is 47.1 Å². The Bertz CT molecular complexity index is 1410. The summed E-state index contributed by atoms with van der Waals surface area (Å²) in [6, 6.07) is 7.04. The zero-order valence-electron chi connectivity index (χ0n) is 17.7. The van der Waals surface area contributed by atoms with Crippen LogP contribution in [0.2, 0.25) is 5.02 Å². The number of rotatable bonds is 6. The molecular weight excluding hydrogens is 493 g/mol. The number of hydrogen-bond donors (Lipinski definition) is 2. The predicted octanol–water partition coefficient (Wildman–Crippen LogP) is 4.55. The molecule has 180 valence electrons. The second kappa shape index (κ2) is 7.69. The van der Waals surface area contributed by atoms with Crippen molar-refractivity contribution in [2.45, 2.75) is 54.8 Å². The SMILES string of the molecule is NC(=O)c1c(-c2ccc(S(=O)(=O)NC3(C(F)(F)F)CC3)cc2)n(C2CCC2)c2ncc(Cl)cc12. The van der Waals surface area contributed by atoms with Crippen LogP contribution < -0.4 is 10.5 Å². The normalized spacial score (nSPS) is 18.1. The molecule has 34 heavy (non-hydrogen) atoms. The lowest BCUT2D eigenvalue weighted by Crippen LogP contribution is -2.47. The van der Waals surface area contributed by atoms with Crippen LogP contribution in [-0.2, 0) is 10.0 Å². The number of carbonyl (C=O) groups is 1. The van der Waals surface area contributed by atoms with E-state index in [1.165, 1.54) is 30.5 Å². The van der Waals surface area contributed by atoms with Crippen molar-refractivity contribution in [1.82, 2.24) is 14.3 Å². The Hall–Kier alpha value is -2.63. The Morgan fingerprint density at radius 1 is 1.21 bits per heavy atom. The van der Waals surface area contributed by atoms with Gasteiger partial charge < -0.3 is 10.3 Å². The summed E-state index contributed by atoms with van der Waals surface area (Å²) in [6.45, 7) is 0. The molecule has 0 aliphatic heterocycles. The molecule has 2 fully saturated rings. The average molecular weight is 513 g/mol. The minimum absolute atomic E-state index is 0.0749.